The Labute approximate surface area is 139 Å². The van der Waals surface area contributed by atoms with Gasteiger partial charge in [0.25, 0.3) is 0 Å². The lowest BCUT2D eigenvalue weighted by Crippen LogP contribution is -2.32. The maximum absolute atomic E-state index is 2.54. The summed E-state index contributed by atoms with van der Waals surface area (Å²) in [6.07, 6.45) is 14.4. The summed E-state index contributed by atoms with van der Waals surface area (Å²) in [5.41, 5.74) is 5.42. The van der Waals surface area contributed by atoms with E-state index in [0.29, 0.717) is 5.41 Å². The van der Waals surface area contributed by atoms with Crippen LogP contribution in [0.25, 0.3) is 10.8 Å². The van der Waals surface area contributed by atoms with Crippen LogP contribution >= 0.6 is 0 Å². The monoisotopic (exact) mass is 302 g/mol. The van der Waals surface area contributed by atoms with Gasteiger partial charge in [0.05, 0.1) is 0 Å². The van der Waals surface area contributed by atoms with E-state index >= 15 is 0 Å². The van der Waals surface area contributed by atoms with Crippen LogP contribution in [0.15, 0.2) is 42.5 Å². The molecule has 1 saturated carbocycles. The highest BCUT2D eigenvalue weighted by Crippen LogP contribution is 2.57. The molecule has 1 spiro atoms. The quantitative estimate of drug-likeness (QED) is 0.609. The number of hydrogen-bond acceptors (Lipinski definition) is 0. The molecule has 3 aliphatic rings. The molecule has 0 saturated heterocycles. The fraction of sp³-hybridized carbons (Fsp3) is 0.478. The van der Waals surface area contributed by atoms with Crippen molar-refractivity contribution in [2.75, 3.05) is 0 Å². The minimum absolute atomic E-state index is 0.598. The fourth-order valence-electron chi connectivity index (χ4n) is 5.76. The van der Waals surface area contributed by atoms with Gasteiger partial charge in [-0.3, -0.25) is 0 Å². The van der Waals surface area contributed by atoms with Crippen LogP contribution in [-0.4, -0.2) is 0 Å². The molecule has 2 bridgehead atoms. The van der Waals surface area contributed by atoms with E-state index in [1.807, 2.05) is 0 Å². The van der Waals surface area contributed by atoms with Crippen LogP contribution in [-0.2, 0) is 19.3 Å². The van der Waals surface area contributed by atoms with Crippen molar-refractivity contribution in [3.63, 3.8) is 0 Å². The first-order valence-electron chi connectivity index (χ1n) is 9.49. The van der Waals surface area contributed by atoms with Gasteiger partial charge >= 0.3 is 0 Å². The molecule has 3 atom stereocenters. The first-order chi connectivity index (χ1) is 11.3. The van der Waals surface area contributed by atoms with E-state index < -0.39 is 0 Å². The highest BCUT2D eigenvalue weighted by atomic mass is 14.5. The molecule has 5 rings (SSSR count). The molecule has 23 heavy (non-hydrogen) atoms. The van der Waals surface area contributed by atoms with E-state index in [0.717, 1.165) is 11.8 Å². The lowest BCUT2D eigenvalue weighted by molar-refractivity contribution is 0.195. The Morgan fingerprint density at radius 2 is 2.09 bits per heavy atom. The zero-order chi connectivity index (χ0) is 15.4. The molecule has 0 aromatic heterocycles. The zero-order valence-corrected chi connectivity index (χ0v) is 14.1. The van der Waals surface area contributed by atoms with Crippen molar-refractivity contribution in [2.45, 2.75) is 51.9 Å². The summed E-state index contributed by atoms with van der Waals surface area (Å²) < 4.78 is 0. The van der Waals surface area contributed by atoms with E-state index in [4.69, 9.17) is 0 Å². The van der Waals surface area contributed by atoms with Crippen LogP contribution in [0.1, 0.15) is 49.3 Å². The van der Waals surface area contributed by atoms with Crippen LogP contribution in [0.5, 0.6) is 0 Å². The van der Waals surface area contributed by atoms with Crippen LogP contribution in [0.2, 0.25) is 0 Å². The average molecular weight is 302 g/mol. The van der Waals surface area contributed by atoms with Crippen molar-refractivity contribution < 1.29 is 0 Å². The summed E-state index contributed by atoms with van der Waals surface area (Å²) in [5.74, 6) is 1.75. The molecule has 118 valence electrons. The molecule has 3 aliphatic carbocycles. The van der Waals surface area contributed by atoms with Crippen molar-refractivity contribution in [1.82, 2.24) is 0 Å². The lowest BCUT2D eigenvalue weighted by Gasteiger charge is -2.40. The van der Waals surface area contributed by atoms with Crippen molar-refractivity contribution in [3.8, 4) is 0 Å². The Morgan fingerprint density at radius 1 is 1.13 bits per heavy atom. The number of allylic oxidation sites excluding steroid dienone is 2. The Morgan fingerprint density at radius 3 is 2.87 bits per heavy atom. The van der Waals surface area contributed by atoms with Crippen molar-refractivity contribution in [3.05, 3.63) is 59.2 Å². The molecule has 0 nitrogen and oxygen atoms in total. The van der Waals surface area contributed by atoms with Gasteiger partial charge in [0.1, 0.15) is 0 Å². The van der Waals surface area contributed by atoms with Gasteiger partial charge < -0.3 is 0 Å². The second kappa shape index (κ2) is 4.97. The average Bonchev–Trinajstić information content (AvgIpc) is 3.15. The fourth-order valence-corrected chi connectivity index (χ4v) is 5.76. The van der Waals surface area contributed by atoms with Crippen molar-refractivity contribution in [1.29, 1.82) is 0 Å². The van der Waals surface area contributed by atoms with E-state index in [1.165, 1.54) is 61.3 Å². The lowest BCUT2D eigenvalue weighted by atomic mass is 9.64. The van der Waals surface area contributed by atoms with Gasteiger partial charge in [-0.2, -0.15) is 0 Å². The SMILES string of the molecule is CCCc1cccc2cc3c(cc12)CCC1(C3)CC2C=CC1C2. The molecular weight excluding hydrogens is 276 g/mol. The molecular formula is C23H26. The summed E-state index contributed by atoms with van der Waals surface area (Å²) in [5, 5.41) is 2.97. The van der Waals surface area contributed by atoms with E-state index in [2.05, 4.69) is 49.4 Å². The summed E-state index contributed by atoms with van der Waals surface area (Å²) >= 11 is 0. The topological polar surface area (TPSA) is 0 Å². The Balaban J connectivity index is 1.58. The van der Waals surface area contributed by atoms with Crippen molar-refractivity contribution in [2.24, 2.45) is 17.3 Å². The molecule has 1 fully saturated rings. The van der Waals surface area contributed by atoms with Crippen LogP contribution in [0.3, 0.4) is 0 Å². The van der Waals surface area contributed by atoms with Gasteiger partial charge in [0.15, 0.2) is 0 Å². The van der Waals surface area contributed by atoms with Crippen LogP contribution in [0.4, 0.5) is 0 Å². The smallest absolute Gasteiger partial charge is 0.0149 e. The summed E-state index contributed by atoms with van der Waals surface area (Å²) in [6, 6.07) is 11.9. The number of benzene rings is 2. The normalized spacial score (nSPS) is 31.2. The Bertz CT molecular complexity index is 797. The first kappa shape index (κ1) is 13.8. The molecule has 0 aliphatic heterocycles. The van der Waals surface area contributed by atoms with Gasteiger partial charge in [-0.25, -0.2) is 0 Å². The van der Waals surface area contributed by atoms with Gasteiger partial charge in [0.2, 0.25) is 0 Å². The third kappa shape index (κ3) is 2.04. The predicted octanol–water partition coefficient (Wildman–Crippen LogP) is 5.86. The van der Waals surface area contributed by atoms with Gasteiger partial charge in [-0.1, -0.05) is 55.8 Å². The summed E-state index contributed by atoms with van der Waals surface area (Å²) in [6.45, 7) is 2.28. The molecule has 0 heteroatoms. The molecule has 0 N–H and O–H groups in total. The number of fused-ring (bicyclic) bond motifs is 5. The Hall–Kier alpha value is -1.56. The minimum Gasteiger partial charge on any atom is -0.0851 e. The van der Waals surface area contributed by atoms with Crippen LogP contribution in [0, 0.1) is 17.3 Å². The highest BCUT2D eigenvalue weighted by molar-refractivity contribution is 5.87. The zero-order valence-electron chi connectivity index (χ0n) is 14.1. The molecule has 2 aromatic rings. The summed E-state index contributed by atoms with van der Waals surface area (Å²) in [7, 11) is 0. The highest BCUT2D eigenvalue weighted by Gasteiger charge is 2.49. The van der Waals surface area contributed by atoms with Gasteiger partial charge in [-0.15, -0.1) is 0 Å². The maximum atomic E-state index is 2.54. The van der Waals surface area contributed by atoms with Crippen molar-refractivity contribution >= 4 is 10.8 Å². The summed E-state index contributed by atoms with van der Waals surface area (Å²) in [4.78, 5) is 0. The molecule has 0 amide bonds. The number of aryl methyl sites for hydroxylation is 2. The minimum atomic E-state index is 0.598. The third-order valence-corrected chi connectivity index (χ3v) is 6.87. The molecule has 0 radical (unpaired) electrons. The second-order valence-corrected chi connectivity index (χ2v) is 8.24. The second-order valence-electron chi connectivity index (χ2n) is 8.24. The molecule has 2 aromatic carbocycles. The van der Waals surface area contributed by atoms with Gasteiger partial charge in [0, 0.05) is 0 Å². The van der Waals surface area contributed by atoms with E-state index in [-0.39, 0.29) is 0 Å². The third-order valence-electron chi connectivity index (χ3n) is 6.87. The number of rotatable bonds is 2. The standard InChI is InChI=1S/C23H26/c1-2-4-17-5-3-6-19-12-20-15-23(10-9-18(20)13-22(17)19)14-16-7-8-21(23)11-16/h3,5-8,12-13,16,21H,2,4,9-11,14-15H2,1H3. The van der Waals surface area contributed by atoms with Crippen LogP contribution < -0.4 is 0 Å². The maximum Gasteiger partial charge on any atom is -0.0149 e. The molecule has 0 heterocycles. The molecule has 3 unspecified atom stereocenters. The van der Waals surface area contributed by atoms with Gasteiger partial charge in [-0.05, 0) is 83.2 Å². The first-order valence-corrected chi connectivity index (χ1v) is 9.49. The largest absolute Gasteiger partial charge is 0.0851 e. The van der Waals surface area contributed by atoms with E-state index in [1.54, 1.807) is 11.1 Å². The Kier molecular flexibility index (Phi) is 2.99. The predicted molar refractivity (Wildman–Crippen MR) is 97.8 cm³/mol. The van der Waals surface area contributed by atoms with E-state index in [9.17, 15) is 0 Å². The number of hydrogen-bond donors (Lipinski definition) is 0.